The molecule has 2 heterocycles. The number of fused-ring (bicyclic) bond motifs is 4. The predicted molar refractivity (Wildman–Crippen MR) is 127 cm³/mol. The quantitative estimate of drug-likeness (QED) is 0.385. The van der Waals surface area contributed by atoms with E-state index in [9.17, 15) is 0 Å². The molecule has 0 radical (unpaired) electrons. The summed E-state index contributed by atoms with van der Waals surface area (Å²) in [4.78, 5) is 5.06. The van der Waals surface area contributed by atoms with E-state index >= 15 is 0 Å². The molecule has 0 amide bonds. The van der Waals surface area contributed by atoms with Crippen molar-refractivity contribution in [1.29, 1.82) is 0 Å². The molecule has 0 spiro atoms. The maximum atomic E-state index is 5.06. The molecule has 8 heteroatoms. The molecule has 1 aromatic heterocycles. The van der Waals surface area contributed by atoms with E-state index in [-0.39, 0.29) is 25.2 Å². The second kappa shape index (κ2) is 13.7. The molecule has 0 saturated heterocycles. The van der Waals surface area contributed by atoms with Crippen LogP contribution in [0.1, 0.15) is 88.7 Å². The van der Waals surface area contributed by atoms with E-state index in [0.29, 0.717) is 24.2 Å². The van der Waals surface area contributed by atoms with E-state index < -0.39 is 0 Å². The third-order valence-corrected chi connectivity index (χ3v) is 7.08. The fraction of sp³-hybridized carbons (Fsp3) is 0.783. The van der Waals surface area contributed by atoms with Crippen LogP contribution in [0, 0.1) is 0 Å². The van der Waals surface area contributed by atoms with Crippen molar-refractivity contribution in [3.8, 4) is 0 Å². The summed E-state index contributed by atoms with van der Waals surface area (Å²) in [5.74, 6) is 0. The number of rotatable bonds is 0. The molecule has 2 unspecified atom stereocenters. The van der Waals surface area contributed by atoms with Gasteiger partial charge in [0.15, 0.2) is 0 Å². The summed E-state index contributed by atoms with van der Waals surface area (Å²) in [6.07, 6.45) is 10.4. The van der Waals surface area contributed by atoms with Crippen molar-refractivity contribution in [3.63, 3.8) is 0 Å². The zero-order valence-corrected chi connectivity index (χ0v) is 21.5. The molecule has 2 aliphatic carbocycles. The Balaban J connectivity index is 0.000000858. The minimum absolute atomic E-state index is 0.00694. The molecule has 3 aliphatic rings. The Morgan fingerprint density at radius 2 is 1.13 bits per heavy atom. The number of hydrogen-bond donors (Lipinski definition) is 4. The van der Waals surface area contributed by atoms with E-state index in [4.69, 9.17) is 25.2 Å². The van der Waals surface area contributed by atoms with Gasteiger partial charge in [-0.05, 0) is 51.7 Å². The van der Waals surface area contributed by atoms with Crippen molar-refractivity contribution >= 4 is 20.2 Å². The van der Waals surface area contributed by atoms with Crippen molar-refractivity contribution in [2.75, 3.05) is 13.1 Å². The molecule has 5 nitrogen and oxygen atoms in total. The Morgan fingerprint density at radius 3 is 1.55 bits per heavy atom. The summed E-state index contributed by atoms with van der Waals surface area (Å²) in [5, 5.41) is 15.5. The fourth-order valence-electron chi connectivity index (χ4n) is 5.43. The van der Waals surface area contributed by atoms with Crippen LogP contribution < -0.4 is 21.3 Å². The van der Waals surface area contributed by atoms with Gasteiger partial charge in [0.1, 0.15) is 0 Å². The normalized spacial score (nSPS) is 34.7. The number of nitrogens with zero attached hydrogens (tertiary/aromatic N) is 1. The van der Waals surface area contributed by atoms with Gasteiger partial charge in [0.05, 0.1) is 11.4 Å². The van der Waals surface area contributed by atoms with Gasteiger partial charge in [-0.25, -0.2) is 0 Å². The maximum absolute atomic E-state index is 5.06. The SMILES string of the molecule is C[C@@H]1NC2CCCCC2NCCN[C@@H]2CCCC[C@H]2N[C@@H](C)c2cccc1n2.[Cl][Mn][Cl]. The van der Waals surface area contributed by atoms with Gasteiger partial charge in [-0.2, -0.15) is 0 Å². The van der Waals surface area contributed by atoms with Gasteiger partial charge in [0.25, 0.3) is 0 Å². The number of pyridine rings is 1. The molecule has 1 aromatic rings. The number of aromatic nitrogens is 1. The molecule has 2 bridgehead atoms. The first-order valence-electron chi connectivity index (χ1n) is 11.9. The van der Waals surface area contributed by atoms with Gasteiger partial charge in [-0.15, -0.1) is 0 Å². The summed E-state index contributed by atoms with van der Waals surface area (Å²) in [6.45, 7) is 6.66. The van der Waals surface area contributed by atoms with Crippen LogP contribution >= 0.6 is 20.2 Å². The van der Waals surface area contributed by atoms with Crippen LogP contribution in [0.5, 0.6) is 0 Å². The van der Waals surface area contributed by atoms with Gasteiger partial charge >= 0.3 is 33.3 Å². The predicted octanol–water partition coefficient (Wildman–Crippen LogP) is 4.57. The fourth-order valence-corrected chi connectivity index (χ4v) is 5.43. The minimum atomic E-state index is 0.00694. The van der Waals surface area contributed by atoms with Crippen LogP contribution in [0.15, 0.2) is 18.2 Å². The Morgan fingerprint density at radius 1 is 0.742 bits per heavy atom. The summed E-state index contributed by atoms with van der Waals surface area (Å²) in [6, 6.07) is 9.34. The first-order chi connectivity index (χ1) is 15.1. The standard InChI is InChI=1S/C23H39N5.2ClH.Mn/c1-16-18-12-7-13-19(28-18)17(2)27-23-11-6-4-9-21(23)25-15-14-24-20-8-3-5-10-22(20)26-16;;;/h7,12-13,16-17,20-27H,3-6,8-11,14-15H2,1-2H3;2*1H;/q;;;+2/p-2/t16-,17-,20+,21?,22+,23?;;;/m0.../s1. The third-order valence-electron chi connectivity index (χ3n) is 7.08. The number of nitrogens with one attached hydrogen (secondary N) is 4. The zero-order chi connectivity index (χ0) is 22.1. The zero-order valence-electron chi connectivity index (χ0n) is 18.8. The van der Waals surface area contributed by atoms with Crippen molar-refractivity contribution in [2.45, 2.75) is 101 Å². The molecular weight excluding hydrogens is 472 g/mol. The molecule has 31 heavy (non-hydrogen) atoms. The van der Waals surface area contributed by atoms with Gasteiger partial charge in [-0.3, -0.25) is 4.98 Å². The Kier molecular flexibility index (Phi) is 11.4. The van der Waals surface area contributed by atoms with Gasteiger partial charge in [0, 0.05) is 49.3 Å². The molecule has 4 N–H and O–H groups in total. The second-order valence-corrected chi connectivity index (χ2v) is 11.2. The molecule has 177 valence electrons. The molecule has 6 atom stereocenters. The van der Waals surface area contributed by atoms with E-state index in [2.05, 4.69) is 53.3 Å². The summed E-state index contributed by atoms with van der Waals surface area (Å²) >= 11 is 0.00694. The average Bonchev–Trinajstić information content (AvgIpc) is 2.79. The van der Waals surface area contributed by atoms with Gasteiger partial charge in [0.2, 0.25) is 0 Å². The molecule has 0 aromatic carbocycles. The molecule has 4 rings (SSSR count). The van der Waals surface area contributed by atoms with Crippen LogP contribution in [0.4, 0.5) is 0 Å². The first-order valence-corrected chi connectivity index (χ1v) is 15.2. The Hall–Kier alpha value is 0.0895. The van der Waals surface area contributed by atoms with Crippen molar-refractivity contribution in [3.05, 3.63) is 29.6 Å². The van der Waals surface area contributed by atoms with Crippen molar-refractivity contribution in [1.82, 2.24) is 26.3 Å². The topological polar surface area (TPSA) is 61.0 Å². The van der Waals surface area contributed by atoms with Crippen LogP contribution in [-0.2, 0) is 13.1 Å². The van der Waals surface area contributed by atoms with Gasteiger partial charge in [-0.1, -0.05) is 31.7 Å². The summed E-state index contributed by atoms with van der Waals surface area (Å²) < 4.78 is 0. The van der Waals surface area contributed by atoms with E-state index in [1.807, 2.05) is 0 Å². The van der Waals surface area contributed by atoms with E-state index in [1.165, 1.54) is 62.8 Å². The van der Waals surface area contributed by atoms with Crippen LogP contribution in [0.3, 0.4) is 0 Å². The molecule has 2 fully saturated rings. The first kappa shape index (κ1) is 25.7. The second-order valence-electron chi connectivity index (χ2n) is 9.22. The Bertz CT molecular complexity index is 603. The average molecular weight is 511 g/mol. The van der Waals surface area contributed by atoms with Crippen LogP contribution in [-0.4, -0.2) is 42.2 Å². The van der Waals surface area contributed by atoms with Gasteiger partial charge < -0.3 is 21.3 Å². The monoisotopic (exact) mass is 510 g/mol. The van der Waals surface area contributed by atoms with Crippen LogP contribution in [0.25, 0.3) is 0 Å². The van der Waals surface area contributed by atoms with Crippen molar-refractivity contribution < 1.29 is 13.1 Å². The number of hydrogen-bond acceptors (Lipinski definition) is 5. The Labute approximate surface area is 203 Å². The van der Waals surface area contributed by atoms with Crippen LogP contribution in [0.2, 0.25) is 0 Å². The number of halogens is 2. The van der Waals surface area contributed by atoms with Crippen molar-refractivity contribution in [2.24, 2.45) is 0 Å². The summed E-state index contributed by atoms with van der Waals surface area (Å²) in [7, 11) is 9.59. The van der Waals surface area contributed by atoms with E-state index in [1.54, 1.807) is 0 Å². The molecule has 1 aliphatic heterocycles. The molecule has 2 saturated carbocycles. The third kappa shape index (κ3) is 7.82. The summed E-state index contributed by atoms with van der Waals surface area (Å²) in [5.41, 5.74) is 2.34. The van der Waals surface area contributed by atoms with E-state index in [0.717, 1.165) is 13.1 Å². The molecular formula is C23H39Cl2MnN5.